The van der Waals surface area contributed by atoms with Gasteiger partial charge < -0.3 is 0 Å². The zero-order valence-corrected chi connectivity index (χ0v) is 11.9. The van der Waals surface area contributed by atoms with Gasteiger partial charge in [0.1, 0.15) is 0 Å². The molecule has 4 nitrogen and oxygen atoms in total. The molecule has 0 unspecified atom stereocenters. The van der Waals surface area contributed by atoms with Gasteiger partial charge in [-0.1, -0.05) is 26.7 Å². The lowest BCUT2D eigenvalue weighted by Gasteiger charge is -2.13. The van der Waals surface area contributed by atoms with Gasteiger partial charge in [0.15, 0.2) is 0 Å². The van der Waals surface area contributed by atoms with Gasteiger partial charge in [0.2, 0.25) is 10.0 Å². The summed E-state index contributed by atoms with van der Waals surface area (Å²) in [5, 5.41) is 0. The quantitative estimate of drug-likeness (QED) is 0.786. The summed E-state index contributed by atoms with van der Waals surface area (Å²) in [6.07, 6.45) is 5.90. The van der Waals surface area contributed by atoms with Crippen molar-refractivity contribution in [3.05, 3.63) is 30.1 Å². The number of hydrogen-bond acceptors (Lipinski definition) is 3. The molecule has 0 spiro atoms. The highest BCUT2D eigenvalue weighted by molar-refractivity contribution is 7.89. The van der Waals surface area contributed by atoms with E-state index in [1.54, 1.807) is 12.4 Å². The summed E-state index contributed by atoms with van der Waals surface area (Å²) < 4.78 is 26.3. The second-order valence-electron chi connectivity index (χ2n) is 4.46. The van der Waals surface area contributed by atoms with E-state index in [1.807, 2.05) is 12.1 Å². The summed E-state index contributed by atoms with van der Waals surface area (Å²) in [5.74, 6) is 0.567. The van der Waals surface area contributed by atoms with Crippen molar-refractivity contribution in [2.45, 2.75) is 33.1 Å². The van der Waals surface area contributed by atoms with E-state index >= 15 is 0 Å². The molecule has 0 radical (unpaired) electrons. The molecule has 102 valence electrons. The van der Waals surface area contributed by atoms with E-state index in [-0.39, 0.29) is 5.75 Å². The van der Waals surface area contributed by atoms with Gasteiger partial charge in [-0.3, -0.25) is 4.98 Å². The van der Waals surface area contributed by atoms with Crippen LogP contribution in [0.5, 0.6) is 0 Å². The van der Waals surface area contributed by atoms with Crippen molar-refractivity contribution >= 4 is 10.0 Å². The highest BCUT2D eigenvalue weighted by Crippen LogP contribution is 2.06. The molecule has 1 N–H and O–H groups in total. The van der Waals surface area contributed by atoms with Crippen molar-refractivity contribution in [1.29, 1.82) is 0 Å². The predicted molar refractivity (Wildman–Crippen MR) is 73.8 cm³/mol. The fourth-order valence-electron chi connectivity index (χ4n) is 1.70. The number of pyridine rings is 1. The summed E-state index contributed by atoms with van der Waals surface area (Å²) in [5.41, 5.74) is 0.998. The molecule has 1 rings (SSSR count). The van der Waals surface area contributed by atoms with Crippen molar-refractivity contribution in [2.75, 3.05) is 12.3 Å². The van der Waals surface area contributed by atoms with Crippen LogP contribution in [0.3, 0.4) is 0 Å². The molecule has 0 atom stereocenters. The van der Waals surface area contributed by atoms with Crippen LogP contribution in [0.15, 0.2) is 24.5 Å². The predicted octanol–water partition coefficient (Wildman–Crippen LogP) is 1.98. The third-order valence-corrected chi connectivity index (χ3v) is 4.50. The molecule has 0 aliphatic carbocycles. The number of rotatable bonds is 8. The fraction of sp³-hybridized carbons (Fsp3) is 0.615. The summed E-state index contributed by atoms with van der Waals surface area (Å²) >= 11 is 0. The molecular formula is C13H22N2O2S. The molecule has 0 aliphatic heterocycles. The van der Waals surface area contributed by atoms with Crippen LogP contribution in [0, 0.1) is 5.92 Å². The van der Waals surface area contributed by atoms with Crippen molar-refractivity contribution in [3.63, 3.8) is 0 Å². The summed E-state index contributed by atoms with van der Waals surface area (Å²) in [6.45, 7) is 4.71. The fourth-order valence-corrected chi connectivity index (χ4v) is 2.83. The van der Waals surface area contributed by atoms with E-state index in [9.17, 15) is 8.42 Å². The number of aryl methyl sites for hydroxylation is 1. The van der Waals surface area contributed by atoms with Crippen LogP contribution < -0.4 is 4.72 Å². The van der Waals surface area contributed by atoms with E-state index in [0.717, 1.165) is 18.4 Å². The second-order valence-corrected chi connectivity index (χ2v) is 6.38. The highest BCUT2D eigenvalue weighted by Gasteiger charge is 2.12. The van der Waals surface area contributed by atoms with Crippen LogP contribution in [-0.4, -0.2) is 25.7 Å². The van der Waals surface area contributed by atoms with E-state index < -0.39 is 10.0 Å². The first-order valence-corrected chi connectivity index (χ1v) is 8.08. The zero-order valence-electron chi connectivity index (χ0n) is 11.1. The third kappa shape index (κ3) is 5.60. The smallest absolute Gasteiger partial charge is 0.211 e. The number of nitrogens with one attached hydrogen (secondary N) is 1. The van der Waals surface area contributed by atoms with Gasteiger partial charge in [-0.05, 0) is 30.0 Å². The van der Waals surface area contributed by atoms with Crippen molar-refractivity contribution < 1.29 is 8.42 Å². The van der Waals surface area contributed by atoms with E-state index in [1.165, 1.54) is 0 Å². The van der Waals surface area contributed by atoms with Crippen LogP contribution in [0.4, 0.5) is 0 Å². The first-order valence-electron chi connectivity index (χ1n) is 6.43. The Morgan fingerprint density at radius 1 is 1.22 bits per heavy atom. The first kappa shape index (κ1) is 15.1. The highest BCUT2D eigenvalue weighted by atomic mass is 32.2. The van der Waals surface area contributed by atoms with Crippen molar-refractivity contribution in [3.8, 4) is 0 Å². The molecule has 18 heavy (non-hydrogen) atoms. The lowest BCUT2D eigenvalue weighted by molar-refractivity contribution is 0.479. The molecule has 1 aromatic rings. The largest absolute Gasteiger partial charge is 0.265 e. The number of sulfonamides is 1. The van der Waals surface area contributed by atoms with Gasteiger partial charge in [0.25, 0.3) is 0 Å². The third-order valence-electron chi connectivity index (χ3n) is 3.16. The molecule has 1 aromatic heterocycles. The maximum absolute atomic E-state index is 11.8. The molecule has 0 saturated carbocycles. The Morgan fingerprint density at radius 3 is 2.39 bits per heavy atom. The second kappa shape index (κ2) is 7.48. The zero-order chi connectivity index (χ0) is 13.4. The van der Waals surface area contributed by atoms with E-state index in [4.69, 9.17) is 0 Å². The first-order chi connectivity index (χ1) is 8.57. The Kier molecular flexibility index (Phi) is 6.29. The minimum Gasteiger partial charge on any atom is -0.265 e. The normalized spacial score (nSPS) is 11.9. The number of aromatic nitrogens is 1. The van der Waals surface area contributed by atoms with Gasteiger partial charge >= 0.3 is 0 Å². The molecule has 0 fully saturated rings. The Hall–Kier alpha value is -0.940. The maximum Gasteiger partial charge on any atom is 0.211 e. The molecular weight excluding hydrogens is 248 g/mol. The topological polar surface area (TPSA) is 59.1 Å². The van der Waals surface area contributed by atoms with Crippen LogP contribution in [0.25, 0.3) is 0 Å². The summed E-state index contributed by atoms with van der Waals surface area (Å²) in [7, 11) is -3.17. The van der Waals surface area contributed by atoms with Gasteiger partial charge in [-0.25, -0.2) is 13.1 Å². The van der Waals surface area contributed by atoms with Crippen molar-refractivity contribution in [1.82, 2.24) is 9.71 Å². The van der Waals surface area contributed by atoms with Crippen LogP contribution in [-0.2, 0) is 16.4 Å². The molecule has 0 amide bonds. The van der Waals surface area contributed by atoms with Crippen LogP contribution >= 0.6 is 0 Å². The molecule has 0 saturated heterocycles. The summed E-state index contributed by atoms with van der Waals surface area (Å²) in [6, 6.07) is 3.69. The van der Waals surface area contributed by atoms with Gasteiger partial charge in [-0.2, -0.15) is 0 Å². The number of hydrogen-bond donors (Lipinski definition) is 1. The maximum atomic E-state index is 11.8. The molecule has 5 heteroatoms. The SMILES string of the molecule is CCC(CC)CNS(=O)(=O)CCc1ccncc1. The molecule has 0 aliphatic rings. The Morgan fingerprint density at radius 2 is 1.83 bits per heavy atom. The van der Waals surface area contributed by atoms with E-state index in [2.05, 4.69) is 23.6 Å². The molecule has 1 heterocycles. The average molecular weight is 270 g/mol. The monoisotopic (exact) mass is 270 g/mol. The summed E-state index contributed by atoms with van der Waals surface area (Å²) in [4.78, 5) is 3.91. The standard InChI is InChI=1S/C13H22N2O2S/c1-3-12(4-2)11-15-18(16,17)10-7-13-5-8-14-9-6-13/h5-6,8-9,12,15H,3-4,7,10-11H2,1-2H3. The number of nitrogens with zero attached hydrogens (tertiary/aromatic N) is 1. The van der Waals surface area contributed by atoms with Crippen molar-refractivity contribution in [2.24, 2.45) is 5.92 Å². The Balaban J connectivity index is 2.40. The van der Waals surface area contributed by atoms with Gasteiger partial charge in [0, 0.05) is 18.9 Å². The lowest BCUT2D eigenvalue weighted by Crippen LogP contribution is -2.31. The molecule has 0 bridgehead atoms. The minimum atomic E-state index is -3.17. The van der Waals surface area contributed by atoms with Gasteiger partial charge in [0.05, 0.1) is 5.75 Å². The average Bonchev–Trinajstić information content (AvgIpc) is 2.39. The minimum absolute atomic E-state index is 0.136. The lowest BCUT2D eigenvalue weighted by atomic mass is 10.0. The Bertz CT molecular complexity index is 428. The van der Waals surface area contributed by atoms with E-state index in [0.29, 0.717) is 18.9 Å². The Labute approximate surface area is 110 Å². The molecule has 0 aromatic carbocycles. The van der Waals surface area contributed by atoms with Crippen LogP contribution in [0.2, 0.25) is 0 Å². The van der Waals surface area contributed by atoms with Crippen LogP contribution in [0.1, 0.15) is 32.3 Å². The van der Waals surface area contributed by atoms with Gasteiger partial charge in [-0.15, -0.1) is 0 Å².